The van der Waals surface area contributed by atoms with Gasteiger partial charge in [0, 0.05) is 30.4 Å². The van der Waals surface area contributed by atoms with Crippen molar-refractivity contribution in [1.82, 2.24) is 4.90 Å². The highest BCUT2D eigenvalue weighted by Crippen LogP contribution is 2.24. The van der Waals surface area contributed by atoms with Crippen LogP contribution < -0.4 is 5.32 Å². The fourth-order valence-electron chi connectivity index (χ4n) is 2.11. The molecule has 0 saturated heterocycles. The summed E-state index contributed by atoms with van der Waals surface area (Å²) in [6, 6.07) is 8.10. The molecular formula is C16H26N2O2S. The number of nitrogens with zero attached hydrogens (tertiary/aromatic N) is 1. The zero-order valence-electron chi connectivity index (χ0n) is 13.3. The Labute approximate surface area is 131 Å². The van der Waals surface area contributed by atoms with E-state index in [1.165, 1.54) is 0 Å². The first-order valence-electron chi connectivity index (χ1n) is 7.29. The summed E-state index contributed by atoms with van der Waals surface area (Å²) in [5.74, 6) is 0.00717. The van der Waals surface area contributed by atoms with E-state index >= 15 is 0 Å². The van der Waals surface area contributed by atoms with E-state index in [0.29, 0.717) is 25.6 Å². The summed E-state index contributed by atoms with van der Waals surface area (Å²) in [5, 5.41) is 12.5. The molecule has 0 aliphatic carbocycles. The van der Waals surface area contributed by atoms with Gasteiger partial charge in [0.15, 0.2) is 0 Å². The lowest BCUT2D eigenvalue weighted by Gasteiger charge is -2.27. The van der Waals surface area contributed by atoms with Gasteiger partial charge in [0.1, 0.15) is 0 Å². The molecule has 0 bridgehead atoms. The minimum Gasteiger partial charge on any atom is -0.392 e. The summed E-state index contributed by atoms with van der Waals surface area (Å²) in [7, 11) is 0. The third-order valence-corrected chi connectivity index (χ3v) is 4.03. The molecule has 0 aromatic heterocycles. The Morgan fingerprint density at radius 1 is 1.33 bits per heavy atom. The number of benzene rings is 1. The van der Waals surface area contributed by atoms with Crippen molar-refractivity contribution in [2.75, 3.05) is 24.7 Å². The average molecular weight is 310 g/mol. The van der Waals surface area contributed by atoms with Gasteiger partial charge in [0.2, 0.25) is 5.91 Å². The Morgan fingerprint density at radius 2 is 2.00 bits per heavy atom. The van der Waals surface area contributed by atoms with E-state index < -0.39 is 0 Å². The van der Waals surface area contributed by atoms with Gasteiger partial charge >= 0.3 is 0 Å². The summed E-state index contributed by atoms with van der Waals surface area (Å²) < 4.78 is 0. The number of hydrogen-bond donors (Lipinski definition) is 2. The van der Waals surface area contributed by atoms with Gasteiger partial charge < -0.3 is 10.4 Å². The number of amides is 1. The number of aliphatic hydroxyl groups excluding tert-OH is 1. The van der Waals surface area contributed by atoms with Crippen LogP contribution in [0.25, 0.3) is 0 Å². The maximum atomic E-state index is 12.1. The van der Waals surface area contributed by atoms with Crippen molar-refractivity contribution in [3.63, 3.8) is 0 Å². The topological polar surface area (TPSA) is 52.6 Å². The molecule has 0 saturated carbocycles. The third-order valence-electron chi connectivity index (χ3n) is 3.24. The van der Waals surface area contributed by atoms with E-state index in [-0.39, 0.29) is 12.0 Å². The largest absolute Gasteiger partial charge is 0.392 e. The molecule has 118 valence electrons. The lowest BCUT2D eigenvalue weighted by Crippen LogP contribution is -2.38. The number of thioether (sulfide) groups is 1. The molecule has 1 aromatic carbocycles. The van der Waals surface area contributed by atoms with E-state index in [1.54, 1.807) is 18.7 Å². The molecule has 0 aliphatic heterocycles. The number of nitrogens with one attached hydrogen (secondary N) is 1. The number of anilines is 1. The van der Waals surface area contributed by atoms with Crippen molar-refractivity contribution in [3.8, 4) is 0 Å². The highest BCUT2D eigenvalue weighted by molar-refractivity contribution is 7.98. The van der Waals surface area contributed by atoms with Crippen LogP contribution in [0.1, 0.15) is 27.2 Å². The van der Waals surface area contributed by atoms with Crippen LogP contribution in [-0.4, -0.2) is 47.4 Å². The Balaban J connectivity index is 2.53. The van der Waals surface area contributed by atoms with E-state index in [2.05, 4.69) is 24.1 Å². The molecule has 5 heteroatoms. The van der Waals surface area contributed by atoms with Crippen LogP contribution in [0.15, 0.2) is 29.2 Å². The van der Waals surface area contributed by atoms with Crippen LogP contribution in [0.5, 0.6) is 0 Å². The predicted molar refractivity (Wildman–Crippen MR) is 89.9 cm³/mol. The van der Waals surface area contributed by atoms with Crippen molar-refractivity contribution >= 4 is 23.4 Å². The normalized spacial score (nSPS) is 12.7. The highest BCUT2D eigenvalue weighted by atomic mass is 32.2. The standard InChI is InChI=1S/C16H26N2O2S/c1-12(2)18(11-13(3)19)10-9-16(20)17-14-7-5-6-8-15(14)21-4/h5-8,12-13,19H,9-11H2,1-4H3,(H,17,20). The second-order valence-electron chi connectivity index (χ2n) is 5.44. The zero-order chi connectivity index (χ0) is 15.8. The first-order chi connectivity index (χ1) is 9.93. The Bertz CT molecular complexity index is 450. The minimum atomic E-state index is -0.382. The Kier molecular flexibility index (Phi) is 7.78. The average Bonchev–Trinajstić information content (AvgIpc) is 2.43. The van der Waals surface area contributed by atoms with Crippen molar-refractivity contribution in [2.24, 2.45) is 0 Å². The van der Waals surface area contributed by atoms with Crippen LogP contribution in [0.2, 0.25) is 0 Å². The number of rotatable bonds is 8. The molecule has 2 N–H and O–H groups in total. The Morgan fingerprint density at radius 3 is 2.57 bits per heavy atom. The monoisotopic (exact) mass is 310 g/mol. The van der Waals surface area contributed by atoms with Crippen molar-refractivity contribution < 1.29 is 9.90 Å². The molecule has 1 amide bonds. The summed E-state index contributed by atoms with van der Waals surface area (Å²) in [4.78, 5) is 15.3. The van der Waals surface area contributed by atoms with Crippen LogP contribution in [0.3, 0.4) is 0 Å². The van der Waals surface area contributed by atoms with Crippen LogP contribution in [-0.2, 0) is 4.79 Å². The Hall–Kier alpha value is -1.04. The van der Waals surface area contributed by atoms with Gasteiger partial charge in [-0.3, -0.25) is 9.69 Å². The summed E-state index contributed by atoms with van der Waals surface area (Å²) in [6.45, 7) is 7.15. The van der Waals surface area contributed by atoms with E-state index in [0.717, 1.165) is 10.6 Å². The van der Waals surface area contributed by atoms with Crippen LogP contribution in [0, 0.1) is 0 Å². The van der Waals surface area contributed by atoms with Gasteiger partial charge in [0.05, 0.1) is 11.8 Å². The molecular weight excluding hydrogens is 284 g/mol. The van der Waals surface area contributed by atoms with Crippen LogP contribution >= 0.6 is 11.8 Å². The van der Waals surface area contributed by atoms with Gasteiger partial charge in [-0.2, -0.15) is 0 Å². The van der Waals surface area contributed by atoms with Gasteiger partial charge in [-0.25, -0.2) is 0 Å². The van der Waals surface area contributed by atoms with Gasteiger partial charge in [-0.05, 0) is 39.2 Å². The first-order valence-corrected chi connectivity index (χ1v) is 8.51. The second kappa shape index (κ2) is 9.07. The summed E-state index contributed by atoms with van der Waals surface area (Å²) in [5.41, 5.74) is 0.863. The predicted octanol–water partition coefficient (Wildman–Crippen LogP) is 2.83. The highest BCUT2D eigenvalue weighted by Gasteiger charge is 2.14. The van der Waals surface area contributed by atoms with Crippen LogP contribution in [0.4, 0.5) is 5.69 Å². The smallest absolute Gasteiger partial charge is 0.225 e. The van der Waals surface area contributed by atoms with E-state index in [9.17, 15) is 9.90 Å². The number of carbonyl (C=O) groups excluding carboxylic acids is 1. The number of carbonyl (C=O) groups is 1. The van der Waals surface area contributed by atoms with Crippen molar-refractivity contribution in [2.45, 2.75) is 44.2 Å². The van der Waals surface area contributed by atoms with E-state index in [1.807, 2.05) is 30.5 Å². The lowest BCUT2D eigenvalue weighted by molar-refractivity contribution is -0.116. The SMILES string of the molecule is CSc1ccccc1NC(=O)CCN(CC(C)O)C(C)C. The number of hydrogen-bond acceptors (Lipinski definition) is 4. The van der Waals surface area contributed by atoms with Crippen molar-refractivity contribution in [3.05, 3.63) is 24.3 Å². The maximum absolute atomic E-state index is 12.1. The summed E-state index contributed by atoms with van der Waals surface area (Å²) in [6.07, 6.45) is 2.04. The molecule has 0 heterocycles. The number of para-hydroxylation sites is 1. The first kappa shape index (κ1) is 18.0. The second-order valence-corrected chi connectivity index (χ2v) is 6.28. The van der Waals surface area contributed by atoms with Gasteiger partial charge in [-0.15, -0.1) is 11.8 Å². The van der Waals surface area contributed by atoms with Gasteiger partial charge in [-0.1, -0.05) is 12.1 Å². The molecule has 1 unspecified atom stereocenters. The van der Waals surface area contributed by atoms with Crippen molar-refractivity contribution in [1.29, 1.82) is 0 Å². The zero-order valence-corrected chi connectivity index (χ0v) is 14.1. The molecule has 4 nitrogen and oxygen atoms in total. The summed E-state index contributed by atoms with van der Waals surface area (Å²) >= 11 is 1.62. The molecule has 1 aromatic rings. The molecule has 21 heavy (non-hydrogen) atoms. The molecule has 0 spiro atoms. The van der Waals surface area contributed by atoms with E-state index in [4.69, 9.17) is 0 Å². The molecule has 0 aliphatic rings. The molecule has 0 fully saturated rings. The third kappa shape index (κ3) is 6.50. The van der Waals surface area contributed by atoms with Gasteiger partial charge in [0.25, 0.3) is 0 Å². The quantitative estimate of drug-likeness (QED) is 0.725. The maximum Gasteiger partial charge on any atom is 0.225 e. The number of aliphatic hydroxyl groups is 1. The lowest BCUT2D eigenvalue weighted by atomic mass is 10.2. The molecule has 1 rings (SSSR count). The minimum absolute atomic E-state index is 0.00717. The fraction of sp³-hybridized carbons (Fsp3) is 0.562. The molecule has 0 radical (unpaired) electrons. The molecule has 1 atom stereocenters. The fourth-order valence-corrected chi connectivity index (χ4v) is 2.66.